The molecule has 0 aliphatic rings. The molecule has 0 radical (unpaired) electrons. The minimum absolute atomic E-state index is 0.0394. The normalized spacial score (nSPS) is 10.0. The number of carbonyl (C=O) groups is 3. The number of hydrogen-bond donors (Lipinski definition) is 2. The van der Waals surface area contributed by atoms with Crippen LogP contribution in [0.15, 0.2) is 42.5 Å². The van der Waals surface area contributed by atoms with E-state index in [1.807, 2.05) is 0 Å². The summed E-state index contributed by atoms with van der Waals surface area (Å²) in [6.07, 6.45) is 0. The Labute approximate surface area is 153 Å². The summed E-state index contributed by atoms with van der Waals surface area (Å²) in [5.74, 6) is -3.78. The summed E-state index contributed by atoms with van der Waals surface area (Å²) >= 11 is 0. The van der Waals surface area contributed by atoms with Gasteiger partial charge in [-0.05, 0) is 30.3 Å². The van der Waals surface area contributed by atoms with Crippen molar-refractivity contribution in [3.63, 3.8) is 0 Å². The molecule has 9 heteroatoms. The highest BCUT2D eigenvalue weighted by Crippen LogP contribution is 2.14. The summed E-state index contributed by atoms with van der Waals surface area (Å²) in [6, 6.07) is 9.04. The molecule has 0 aromatic heterocycles. The molecule has 2 amide bonds. The van der Waals surface area contributed by atoms with Gasteiger partial charge in [0.05, 0.1) is 19.2 Å². The van der Waals surface area contributed by atoms with Crippen LogP contribution in [0.3, 0.4) is 0 Å². The van der Waals surface area contributed by atoms with Crippen molar-refractivity contribution in [1.82, 2.24) is 5.32 Å². The standard InChI is InChI=1S/C18H16F2N2O5/c1-26-13-4-2-3-11(7-13)18(25)27-10-17(24)21-9-16(23)22-12-5-6-14(19)15(20)8-12/h2-8H,9-10H2,1H3,(H,21,24)(H,22,23). The van der Waals surface area contributed by atoms with Crippen LogP contribution >= 0.6 is 0 Å². The lowest BCUT2D eigenvalue weighted by atomic mass is 10.2. The van der Waals surface area contributed by atoms with E-state index >= 15 is 0 Å². The molecule has 7 nitrogen and oxygen atoms in total. The molecular formula is C18H16F2N2O5. The fourth-order valence-corrected chi connectivity index (χ4v) is 1.97. The molecule has 2 aromatic carbocycles. The molecule has 142 valence electrons. The Kier molecular flexibility index (Phi) is 6.81. The second-order valence-corrected chi connectivity index (χ2v) is 5.26. The van der Waals surface area contributed by atoms with Crippen LogP contribution in [-0.4, -0.2) is 38.0 Å². The fourth-order valence-electron chi connectivity index (χ4n) is 1.97. The maximum Gasteiger partial charge on any atom is 0.338 e. The first kappa shape index (κ1) is 19.8. The third kappa shape index (κ3) is 6.07. The maximum absolute atomic E-state index is 13.1. The highest BCUT2D eigenvalue weighted by atomic mass is 19.2. The molecular weight excluding hydrogens is 362 g/mol. The number of hydrogen-bond acceptors (Lipinski definition) is 5. The third-order valence-corrected chi connectivity index (χ3v) is 3.29. The number of halogens is 2. The van der Waals surface area contributed by atoms with Gasteiger partial charge in [0.25, 0.3) is 5.91 Å². The van der Waals surface area contributed by atoms with E-state index in [4.69, 9.17) is 9.47 Å². The number of rotatable bonds is 7. The Morgan fingerprint density at radius 1 is 1.00 bits per heavy atom. The van der Waals surface area contributed by atoms with Gasteiger partial charge in [0, 0.05) is 11.8 Å². The maximum atomic E-state index is 13.1. The summed E-state index contributed by atoms with van der Waals surface area (Å²) in [7, 11) is 1.45. The van der Waals surface area contributed by atoms with Gasteiger partial charge in [-0.1, -0.05) is 6.07 Å². The van der Waals surface area contributed by atoms with Gasteiger partial charge in [-0.25, -0.2) is 13.6 Å². The number of amides is 2. The second kappa shape index (κ2) is 9.27. The van der Waals surface area contributed by atoms with Gasteiger partial charge in [-0.2, -0.15) is 0 Å². The van der Waals surface area contributed by atoms with Gasteiger partial charge >= 0.3 is 5.97 Å². The first-order valence-corrected chi connectivity index (χ1v) is 7.72. The second-order valence-electron chi connectivity index (χ2n) is 5.26. The quantitative estimate of drug-likeness (QED) is 0.718. The summed E-state index contributed by atoms with van der Waals surface area (Å²) < 4.78 is 35.7. The fraction of sp³-hybridized carbons (Fsp3) is 0.167. The van der Waals surface area contributed by atoms with Crippen molar-refractivity contribution in [3.05, 3.63) is 59.7 Å². The first-order chi connectivity index (χ1) is 12.9. The zero-order valence-electron chi connectivity index (χ0n) is 14.3. The molecule has 0 atom stereocenters. The number of ether oxygens (including phenoxy) is 2. The summed E-state index contributed by atoms with van der Waals surface area (Å²) in [5.41, 5.74) is 0.246. The van der Waals surface area contributed by atoms with Gasteiger partial charge < -0.3 is 20.1 Å². The van der Waals surface area contributed by atoms with Gasteiger partial charge in [-0.15, -0.1) is 0 Å². The predicted octanol–water partition coefficient (Wildman–Crippen LogP) is 1.89. The molecule has 0 aliphatic heterocycles. The largest absolute Gasteiger partial charge is 0.497 e. The monoisotopic (exact) mass is 378 g/mol. The van der Waals surface area contributed by atoms with E-state index in [1.54, 1.807) is 12.1 Å². The number of carbonyl (C=O) groups excluding carboxylic acids is 3. The van der Waals surface area contributed by atoms with E-state index in [-0.39, 0.29) is 11.3 Å². The highest BCUT2D eigenvalue weighted by Gasteiger charge is 2.12. The summed E-state index contributed by atoms with van der Waals surface area (Å²) in [6.45, 7) is -1.02. The van der Waals surface area contributed by atoms with Crippen LogP contribution < -0.4 is 15.4 Å². The molecule has 0 heterocycles. The first-order valence-electron chi connectivity index (χ1n) is 7.72. The minimum Gasteiger partial charge on any atom is -0.497 e. The van der Waals surface area contributed by atoms with Crippen LogP contribution in [0.25, 0.3) is 0 Å². The van der Waals surface area contributed by atoms with Crippen LogP contribution in [0.5, 0.6) is 5.75 Å². The van der Waals surface area contributed by atoms with Gasteiger partial charge in [0.1, 0.15) is 5.75 Å². The van der Waals surface area contributed by atoms with E-state index in [0.29, 0.717) is 5.75 Å². The number of benzene rings is 2. The predicted molar refractivity (Wildman–Crippen MR) is 91.3 cm³/mol. The lowest BCUT2D eigenvalue weighted by Crippen LogP contribution is -2.35. The van der Waals surface area contributed by atoms with Gasteiger partial charge in [-0.3, -0.25) is 9.59 Å². The van der Waals surface area contributed by atoms with Crippen molar-refractivity contribution in [2.45, 2.75) is 0 Å². The summed E-state index contributed by atoms with van der Waals surface area (Å²) in [5, 5.41) is 4.52. The van der Waals surface area contributed by atoms with Crippen LogP contribution in [-0.2, 0) is 14.3 Å². The highest BCUT2D eigenvalue weighted by molar-refractivity contribution is 5.95. The van der Waals surface area contributed by atoms with Crippen LogP contribution in [0.4, 0.5) is 14.5 Å². The average molecular weight is 378 g/mol. The number of nitrogens with one attached hydrogen (secondary N) is 2. The van der Waals surface area contributed by atoms with Gasteiger partial charge in [0.15, 0.2) is 18.2 Å². The van der Waals surface area contributed by atoms with E-state index in [2.05, 4.69) is 10.6 Å². The Hall–Kier alpha value is -3.49. The molecule has 2 N–H and O–H groups in total. The molecule has 0 unspecified atom stereocenters. The molecule has 0 bridgehead atoms. The van der Waals surface area contributed by atoms with Crippen LogP contribution in [0, 0.1) is 11.6 Å². The summed E-state index contributed by atoms with van der Waals surface area (Å²) in [4.78, 5) is 35.2. The van der Waals surface area contributed by atoms with E-state index in [0.717, 1.165) is 12.1 Å². The van der Waals surface area contributed by atoms with E-state index < -0.39 is 42.6 Å². The Morgan fingerprint density at radius 2 is 1.78 bits per heavy atom. The van der Waals surface area contributed by atoms with Gasteiger partial charge in [0.2, 0.25) is 5.91 Å². The molecule has 2 rings (SSSR count). The smallest absolute Gasteiger partial charge is 0.338 e. The topological polar surface area (TPSA) is 93.7 Å². The Bertz CT molecular complexity index is 857. The van der Waals surface area contributed by atoms with Crippen molar-refractivity contribution in [1.29, 1.82) is 0 Å². The van der Waals surface area contributed by atoms with Crippen molar-refractivity contribution >= 4 is 23.5 Å². The molecule has 27 heavy (non-hydrogen) atoms. The molecule has 0 spiro atoms. The molecule has 0 aliphatic carbocycles. The van der Waals surface area contributed by atoms with Crippen molar-refractivity contribution in [2.75, 3.05) is 25.6 Å². The molecule has 2 aromatic rings. The van der Waals surface area contributed by atoms with Crippen molar-refractivity contribution < 1.29 is 32.6 Å². The average Bonchev–Trinajstić information content (AvgIpc) is 2.67. The lowest BCUT2D eigenvalue weighted by molar-refractivity contribution is -0.126. The minimum atomic E-state index is -1.11. The number of methoxy groups -OCH3 is 1. The third-order valence-electron chi connectivity index (χ3n) is 3.29. The van der Waals surface area contributed by atoms with E-state index in [1.165, 1.54) is 25.3 Å². The lowest BCUT2D eigenvalue weighted by Gasteiger charge is -2.08. The Balaban J connectivity index is 1.75. The van der Waals surface area contributed by atoms with Crippen LogP contribution in [0.1, 0.15) is 10.4 Å². The SMILES string of the molecule is COc1cccc(C(=O)OCC(=O)NCC(=O)Nc2ccc(F)c(F)c2)c1. The Morgan fingerprint density at radius 3 is 2.48 bits per heavy atom. The number of anilines is 1. The molecule has 0 saturated heterocycles. The van der Waals surface area contributed by atoms with Crippen molar-refractivity contribution in [2.24, 2.45) is 0 Å². The zero-order valence-corrected chi connectivity index (χ0v) is 14.3. The molecule has 0 fully saturated rings. The molecule has 0 saturated carbocycles. The van der Waals surface area contributed by atoms with Crippen molar-refractivity contribution in [3.8, 4) is 5.75 Å². The zero-order chi connectivity index (χ0) is 19.8. The van der Waals surface area contributed by atoms with Crippen LogP contribution in [0.2, 0.25) is 0 Å². The number of esters is 1. The van der Waals surface area contributed by atoms with E-state index in [9.17, 15) is 23.2 Å².